The largest absolute Gasteiger partial charge is 0.487 e. The molecule has 0 bridgehead atoms. The number of hydrogen-bond acceptors (Lipinski definition) is 5. The summed E-state index contributed by atoms with van der Waals surface area (Å²) < 4.78 is 5.66. The van der Waals surface area contributed by atoms with Crippen LogP contribution in [-0.2, 0) is 4.79 Å². The van der Waals surface area contributed by atoms with E-state index in [2.05, 4.69) is 0 Å². The van der Waals surface area contributed by atoms with Crippen LogP contribution in [0.1, 0.15) is 56.9 Å². The first kappa shape index (κ1) is 21.3. The van der Waals surface area contributed by atoms with Crippen LogP contribution in [0.5, 0.6) is 5.75 Å². The number of carbonyl (C=O) groups is 1. The fraction of sp³-hybridized carbons (Fsp3) is 0.550. The Hall–Kier alpha value is -2.02. The van der Waals surface area contributed by atoms with E-state index in [9.17, 15) is 14.9 Å². The number of hydrogen-bond donors (Lipinski definition) is 1. The van der Waals surface area contributed by atoms with Gasteiger partial charge in [0.2, 0.25) is 0 Å². The Labute approximate surface area is 164 Å². The third-order valence-corrected chi connectivity index (χ3v) is 5.69. The summed E-state index contributed by atoms with van der Waals surface area (Å²) in [5.41, 5.74) is 5.74. The lowest BCUT2D eigenvalue weighted by Gasteiger charge is -2.21. The highest BCUT2D eigenvalue weighted by atomic mass is 32.2. The van der Waals surface area contributed by atoms with Crippen LogP contribution in [0.15, 0.2) is 23.1 Å². The van der Waals surface area contributed by atoms with E-state index in [4.69, 9.17) is 10.5 Å². The first-order valence-electron chi connectivity index (χ1n) is 9.48. The number of nitrogens with zero attached hydrogens (tertiary/aromatic N) is 1. The van der Waals surface area contributed by atoms with Gasteiger partial charge in [-0.25, -0.2) is 0 Å². The molecule has 0 atom stereocenters. The lowest BCUT2D eigenvalue weighted by Crippen LogP contribution is -2.11. The number of thioether (sulfide) groups is 1. The van der Waals surface area contributed by atoms with Crippen molar-refractivity contribution in [2.45, 2.75) is 51.4 Å². The minimum Gasteiger partial charge on any atom is -0.487 e. The van der Waals surface area contributed by atoms with Gasteiger partial charge in [0.25, 0.3) is 5.91 Å². The van der Waals surface area contributed by atoms with E-state index in [1.807, 2.05) is 0 Å². The van der Waals surface area contributed by atoms with Gasteiger partial charge in [0, 0.05) is 6.07 Å². The van der Waals surface area contributed by atoms with Crippen molar-refractivity contribution >= 4 is 29.4 Å². The third-order valence-electron chi connectivity index (χ3n) is 4.93. The predicted octanol–water partition coefficient (Wildman–Crippen LogP) is 4.91. The van der Waals surface area contributed by atoms with E-state index in [1.165, 1.54) is 56.4 Å². The number of amides is 1. The first-order valence-corrected chi connectivity index (χ1v) is 10.7. The van der Waals surface area contributed by atoms with Gasteiger partial charge in [-0.1, -0.05) is 44.6 Å². The fourth-order valence-corrected chi connectivity index (χ4v) is 3.92. The second-order valence-corrected chi connectivity index (χ2v) is 7.76. The van der Waals surface area contributed by atoms with Crippen molar-refractivity contribution in [1.82, 2.24) is 0 Å². The second kappa shape index (κ2) is 11.0. The van der Waals surface area contributed by atoms with E-state index in [-0.39, 0.29) is 11.4 Å². The standard InChI is InChI=1S/C20H28N2O4S/c1-27-19(20(21)23)14-16-10-11-18(17(13-16)22(24)25)26-12-6-5-9-15-7-3-2-4-8-15/h10-11,13-15H,2-9,12H2,1H3,(H2,21,23)/b19-14-. The fourth-order valence-electron chi connectivity index (χ4n) is 3.46. The minimum absolute atomic E-state index is 0.0963. The number of carbonyl (C=O) groups excluding carboxylic acids is 1. The summed E-state index contributed by atoms with van der Waals surface area (Å²) >= 11 is 1.21. The monoisotopic (exact) mass is 392 g/mol. The molecule has 1 saturated carbocycles. The summed E-state index contributed by atoms with van der Waals surface area (Å²) in [6, 6.07) is 4.70. The smallest absolute Gasteiger partial charge is 0.311 e. The summed E-state index contributed by atoms with van der Waals surface area (Å²) in [6.07, 6.45) is 13.2. The molecule has 1 aliphatic rings. The molecule has 6 nitrogen and oxygen atoms in total. The van der Waals surface area contributed by atoms with E-state index in [0.717, 1.165) is 18.8 Å². The van der Waals surface area contributed by atoms with Gasteiger partial charge in [-0.3, -0.25) is 14.9 Å². The number of unbranched alkanes of at least 4 members (excludes halogenated alkanes) is 1. The van der Waals surface area contributed by atoms with Gasteiger partial charge in [-0.05, 0) is 42.7 Å². The number of rotatable bonds is 10. The van der Waals surface area contributed by atoms with Crippen molar-refractivity contribution < 1.29 is 14.5 Å². The first-order chi connectivity index (χ1) is 13.0. The molecule has 1 aromatic carbocycles. The van der Waals surface area contributed by atoms with Crippen molar-refractivity contribution in [1.29, 1.82) is 0 Å². The maximum atomic E-state index is 11.4. The van der Waals surface area contributed by atoms with Crippen LogP contribution in [-0.4, -0.2) is 23.7 Å². The van der Waals surface area contributed by atoms with E-state index in [1.54, 1.807) is 24.5 Å². The number of nitro groups is 1. The Morgan fingerprint density at radius 1 is 1.33 bits per heavy atom. The van der Waals surface area contributed by atoms with E-state index < -0.39 is 10.8 Å². The molecule has 1 aromatic rings. The molecule has 1 aliphatic carbocycles. The summed E-state index contributed by atoms with van der Waals surface area (Å²) in [7, 11) is 0. The molecule has 0 unspecified atom stereocenters. The van der Waals surface area contributed by atoms with Gasteiger partial charge in [-0.15, -0.1) is 11.8 Å². The second-order valence-electron chi connectivity index (χ2n) is 6.91. The molecule has 0 spiro atoms. The molecule has 0 radical (unpaired) electrons. The quantitative estimate of drug-likeness (QED) is 0.264. The Kier molecular flexibility index (Phi) is 8.64. The molecule has 0 aliphatic heterocycles. The highest BCUT2D eigenvalue weighted by Crippen LogP contribution is 2.31. The zero-order chi connectivity index (χ0) is 19.6. The molecule has 1 fully saturated rings. The molecule has 0 aromatic heterocycles. The van der Waals surface area contributed by atoms with Crippen LogP contribution in [0.25, 0.3) is 6.08 Å². The van der Waals surface area contributed by atoms with Gasteiger partial charge < -0.3 is 10.5 Å². The Morgan fingerprint density at radius 2 is 2.07 bits per heavy atom. The van der Waals surface area contributed by atoms with Crippen molar-refractivity contribution in [2.24, 2.45) is 11.7 Å². The number of ether oxygens (including phenoxy) is 1. The van der Waals surface area contributed by atoms with Crippen molar-refractivity contribution in [3.8, 4) is 5.75 Å². The molecule has 148 valence electrons. The van der Waals surface area contributed by atoms with Crippen LogP contribution in [0, 0.1) is 16.0 Å². The van der Waals surface area contributed by atoms with Gasteiger partial charge in [0.1, 0.15) is 0 Å². The number of primary amides is 1. The summed E-state index contributed by atoms with van der Waals surface area (Å²) in [5.74, 6) is 0.554. The average Bonchev–Trinajstić information content (AvgIpc) is 2.66. The van der Waals surface area contributed by atoms with Crippen LogP contribution >= 0.6 is 11.8 Å². The van der Waals surface area contributed by atoms with Gasteiger partial charge >= 0.3 is 5.69 Å². The summed E-state index contributed by atoms with van der Waals surface area (Å²) in [6.45, 7) is 0.472. The lowest BCUT2D eigenvalue weighted by atomic mass is 9.86. The molecule has 1 amide bonds. The Morgan fingerprint density at radius 3 is 2.70 bits per heavy atom. The van der Waals surface area contributed by atoms with Gasteiger partial charge in [-0.2, -0.15) is 0 Å². The zero-order valence-electron chi connectivity index (χ0n) is 15.8. The molecule has 0 heterocycles. The van der Waals surface area contributed by atoms with Crippen LogP contribution in [0.2, 0.25) is 0 Å². The molecule has 2 rings (SSSR count). The Balaban J connectivity index is 1.91. The number of nitrogens with two attached hydrogens (primary N) is 1. The topological polar surface area (TPSA) is 95.5 Å². The van der Waals surface area contributed by atoms with Crippen molar-refractivity contribution in [2.75, 3.05) is 12.9 Å². The molecule has 7 heteroatoms. The lowest BCUT2D eigenvalue weighted by molar-refractivity contribution is -0.385. The SMILES string of the molecule is CS/C(=C\c1ccc(OCCCCC2CCCCC2)c([N+](=O)[O-])c1)C(N)=O. The van der Waals surface area contributed by atoms with Crippen LogP contribution < -0.4 is 10.5 Å². The third kappa shape index (κ3) is 6.90. The number of nitro benzene ring substituents is 1. The minimum atomic E-state index is -0.552. The maximum Gasteiger partial charge on any atom is 0.311 e. The molecule has 27 heavy (non-hydrogen) atoms. The number of benzene rings is 1. The maximum absolute atomic E-state index is 11.4. The predicted molar refractivity (Wildman–Crippen MR) is 110 cm³/mol. The average molecular weight is 393 g/mol. The summed E-state index contributed by atoms with van der Waals surface area (Å²) in [4.78, 5) is 22.6. The highest BCUT2D eigenvalue weighted by molar-refractivity contribution is 8.03. The van der Waals surface area contributed by atoms with Gasteiger partial charge in [0.15, 0.2) is 5.75 Å². The Bertz CT molecular complexity index is 685. The summed E-state index contributed by atoms with van der Waals surface area (Å²) in [5, 5.41) is 11.4. The van der Waals surface area contributed by atoms with E-state index >= 15 is 0 Å². The normalized spacial score (nSPS) is 15.5. The molecular formula is C20H28N2O4S. The molecule has 2 N–H and O–H groups in total. The van der Waals surface area contributed by atoms with E-state index in [0.29, 0.717) is 17.1 Å². The van der Waals surface area contributed by atoms with Crippen molar-refractivity contribution in [3.63, 3.8) is 0 Å². The van der Waals surface area contributed by atoms with Crippen LogP contribution in [0.4, 0.5) is 5.69 Å². The highest BCUT2D eigenvalue weighted by Gasteiger charge is 2.17. The van der Waals surface area contributed by atoms with Crippen molar-refractivity contribution in [3.05, 3.63) is 38.8 Å². The zero-order valence-corrected chi connectivity index (χ0v) is 16.6. The van der Waals surface area contributed by atoms with Gasteiger partial charge in [0.05, 0.1) is 16.4 Å². The molecular weight excluding hydrogens is 364 g/mol. The molecule has 0 saturated heterocycles. The van der Waals surface area contributed by atoms with Crippen LogP contribution in [0.3, 0.4) is 0 Å².